The van der Waals surface area contributed by atoms with Gasteiger partial charge in [-0.3, -0.25) is 4.90 Å². The first kappa shape index (κ1) is 16.4. The van der Waals surface area contributed by atoms with Gasteiger partial charge in [-0.2, -0.15) is 0 Å². The summed E-state index contributed by atoms with van der Waals surface area (Å²) in [6.07, 6.45) is 0.914. The number of fused-ring (bicyclic) bond motifs is 1. The van der Waals surface area contributed by atoms with Crippen molar-refractivity contribution in [2.24, 2.45) is 5.92 Å². The number of benzene rings is 2. The number of rotatable bonds is 5. The Labute approximate surface area is 143 Å². The number of amides is 2. The highest BCUT2D eigenvalue weighted by Gasteiger charge is 2.23. The minimum atomic E-state index is -0.0568. The van der Waals surface area contributed by atoms with Gasteiger partial charge in [0.25, 0.3) is 0 Å². The van der Waals surface area contributed by atoms with Crippen LogP contribution in [0.2, 0.25) is 0 Å². The largest absolute Gasteiger partial charge is 0.493 e. The summed E-state index contributed by atoms with van der Waals surface area (Å²) in [6, 6.07) is 15.9. The molecule has 24 heavy (non-hydrogen) atoms. The molecular formula is C20H24N2O2. The molecule has 0 spiro atoms. The second kappa shape index (κ2) is 7.39. The third-order valence-corrected chi connectivity index (χ3v) is 4.11. The van der Waals surface area contributed by atoms with Crippen molar-refractivity contribution < 1.29 is 9.53 Å². The fraction of sp³-hybridized carbons (Fsp3) is 0.350. The molecule has 4 heteroatoms. The molecule has 0 fully saturated rings. The molecule has 1 aliphatic heterocycles. The van der Waals surface area contributed by atoms with Gasteiger partial charge in [0.15, 0.2) is 0 Å². The Morgan fingerprint density at radius 1 is 1.17 bits per heavy atom. The summed E-state index contributed by atoms with van der Waals surface area (Å²) >= 11 is 0. The summed E-state index contributed by atoms with van der Waals surface area (Å²) in [7, 11) is 0. The van der Waals surface area contributed by atoms with Crippen molar-refractivity contribution in [3.05, 3.63) is 59.7 Å². The van der Waals surface area contributed by atoms with Crippen LogP contribution in [0, 0.1) is 5.92 Å². The first-order valence-corrected chi connectivity index (χ1v) is 8.49. The van der Waals surface area contributed by atoms with Crippen LogP contribution in [0.25, 0.3) is 0 Å². The Morgan fingerprint density at radius 3 is 2.75 bits per heavy atom. The van der Waals surface area contributed by atoms with Gasteiger partial charge in [0.05, 0.1) is 6.61 Å². The van der Waals surface area contributed by atoms with Gasteiger partial charge in [-0.25, -0.2) is 4.79 Å². The molecule has 0 atom stereocenters. The van der Waals surface area contributed by atoms with Crippen LogP contribution in [0.1, 0.15) is 25.0 Å². The van der Waals surface area contributed by atoms with Crippen molar-refractivity contribution in [2.75, 3.05) is 18.1 Å². The summed E-state index contributed by atoms with van der Waals surface area (Å²) in [5, 5.41) is 3.02. The van der Waals surface area contributed by atoms with Crippen LogP contribution in [0.5, 0.6) is 5.75 Å². The molecule has 0 saturated heterocycles. The number of anilines is 1. The van der Waals surface area contributed by atoms with Gasteiger partial charge in [-0.15, -0.1) is 0 Å². The van der Waals surface area contributed by atoms with Crippen molar-refractivity contribution >= 4 is 11.7 Å². The highest BCUT2D eigenvalue weighted by molar-refractivity contribution is 5.94. The summed E-state index contributed by atoms with van der Waals surface area (Å²) in [4.78, 5) is 14.3. The number of urea groups is 1. The number of carbonyl (C=O) groups excluding carboxylic acids is 1. The van der Waals surface area contributed by atoms with Gasteiger partial charge in [0, 0.05) is 24.3 Å². The normalized spacial score (nSPS) is 13.0. The van der Waals surface area contributed by atoms with Crippen LogP contribution >= 0.6 is 0 Å². The van der Waals surface area contributed by atoms with Gasteiger partial charge < -0.3 is 10.1 Å². The SMILES string of the molecule is CC(C)COc1ccccc1CNC(=O)N1CCc2ccccc21. The van der Waals surface area contributed by atoms with Crippen LogP contribution in [-0.2, 0) is 13.0 Å². The lowest BCUT2D eigenvalue weighted by molar-refractivity contribution is 0.245. The van der Waals surface area contributed by atoms with Crippen molar-refractivity contribution in [2.45, 2.75) is 26.8 Å². The number of ether oxygens (including phenoxy) is 1. The summed E-state index contributed by atoms with van der Waals surface area (Å²) in [6.45, 7) is 6.11. The Kier molecular flexibility index (Phi) is 5.04. The quantitative estimate of drug-likeness (QED) is 0.903. The van der Waals surface area contributed by atoms with E-state index in [2.05, 4.69) is 25.2 Å². The van der Waals surface area contributed by atoms with Crippen LogP contribution in [0.3, 0.4) is 0 Å². The number of nitrogens with zero attached hydrogens (tertiary/aromatic N) is 1. The molecule has 2 aromatic rings. The summed E-state index contributed by atoms with van der Waals surface area (Å²) in [5.74, 6) is 1.31. The van der Waals surface area contributed by atoms with Crippen molar-refractivity contribution in [3.63, 3.8) is 0 Å². The highest BCUT2D eigenvalue weighted by atomic mass is 16.5. The molecule has 0 bridgehead atoms. The fourth-order valence-electron chi connectivity index (χ4n) is 2.86. The standard InChI is InChI=1S/C20H24N2O2/c1-15(2)14-24-19-10-6-4-8-17(19)13-21-20(23)22-12-11-16-7-3-5-9-18(16)22/h3-10,15H,11-14H2,1-2H3,(H,21,23). The van der Waals surface area contributed by atoms with E-state index in [1.165, 1.54) is 5.56 Å². The van der Waals surface area contributed by atoms with Gasteiger partial charge >= 0.3 is 6.03 Å². The predicted octanol–water partition coefficient (Wildman–Crippen LogP) is 3.99. The first-order chi connectivity index (χ1) is 11.6. The molecule has 0 radical (unpaired) electrons. The van der Waals surface area contributed by atoms with Gasteiger partial charge in [0.1, 0.15) is 5.75 Å². The molecule has 1 heterocycles. The van der Waals surface area contributed by atoms with Gasteiger partial charge in [0.2, 0.25) is 0 Å². The Hall–Kier alpha value is -2.49. The molecule has 2 aromatic carbocycles. The van der Waals surface area contributed by atoms with E-state index in [1.54, 1.807) is 0 Å². The maximum Gasteiger partial charge on any atom is 0.322 e. The van der Waals surface area contributed by atoms with Crippen LogP contribution < -0.4 is 15.0 Å². The topological polar surface area (TPSA) is 41.6 Å². The molecule has 1 aliphatic rings. The minimum absolute atomic E-state index is 0.0568. The van der Waals surface area contributed by atoms with Gasteiger partial charge in [-0.05, 0) is 30.0 Å². The molecule has 0 aliphatic carbocycles. The molecule has 126 valence electrons. The molecule has 4 nitrogen and oxygen atoms in total. The van der Waals surface area contributed by atoms with E-state index in [-0.39, 0.29) is 6.03 Å². The van der Waals surface area contributed by atoms with E-state index in [1.807, 2.05) is 47.4 Å². The molecule has 0 aromatic heterocycles. The van der Waals surface area contributed by atoms with E-state index < -0.39 is 0 Å². The average Bonchev–Trinajstić information content (AvgIpc) is 3.02. The number of nitrogens with one attached hydrogen (secondary N) is 1. The van der Waals surface area contributed by atoms with Crippen molar-refractivity contribution in [1.82, 2.24) is 5.32 Å². The third kappa shape index (κ3) is 3.70. The highest BCUT2D eigenvalue weighted by Crippen LogP contribution is 2.27. The Balaban J connectivity index is 1.63. The van der Waals surface area contributed by atoms with E-state index in [0.29, 0.717) is 19.1 Å². The molecular weight excluding hydrogens is 300 g/mol. The molecule has 1 N–H and O–H groups in total. The Morgan fingerprint density at radius 2 is 1.92 bits per heavy atom. The number of carbonyl (C=O) groups is 1. The van der Waals surface area contributed by atoms with Crippen LogP contribution in [0.15, 0.2) is 48.5 Å². The third-order valence-electron chi connectivity index (χ3n) is 4.11. The zero-order valence-electron chi connectivity index (χ0n) is 14.3. The zero-order valence-corrected chi connectivity index (χ0v) is 14.3. The molecule has 0 saturated carbocycles. The van der Waals surface area contributed by atoms with Gasteiger partial charge in [-0.1, -0.05) is 50.2 Å². The summed E-state index contributed by atoms with van der Waals surface area (Å²) < 4.78 is 5.85. The smallest absolute Gasteiger partial charge is 0.322 e. The van der Waals surface area contributed by atoms with E-state index in [4.69, 9.17) is 4.74 Å². The van der Waals surface area contributed by atoms with Crippen molar-refractivity contribution in [3.8, 4) is 5.75 Å². The van der Waals surface area contributed by atoms with E-state index >= 15 is 0 Å². The number of hydrogen-bond acceptors (Lipinski definition) is 2. The predicted molar refractivity (Wildman–Crippen MR) is 96.5 cm³/mol. The molecule has 0 unspecified atom stereocenters. The molecule has 2 amide bonds. The second-order valence-electron chi connectivity index (χ2n) is 6.50. The lowest BCUT2D eigenvalue weighted by Crippen LogP contribution is -2.38. The lowest BCUT2D eigenvalue weighted by Gasteiger charge is -2.19. The fourth-order valence-corrected chi connectivity index (χ4v) is 2.86. The van der Waals surface area contributed by atoms with E-state index in [9.17, 15) is 4.79 Å². The Bertz CT molecular complexity index is 712. The lowest BCUT2D eigenvalue weighted by atomic mass is 10.2. The number of para-hydroxylation sites is 2. The van der Waals surface area contributed by atoms with Crippen LogP contribution in [0.4, 0.5) is 10.5 Å². The number of hydrogen-bond donors (Lipinski definition) is 1. The first-order valence-electron chi connectivity index (χ1n) is 8.49. The molecule has 3 rings (SSSR count). The maximum atomic E-state index is 12.5. The monoisotopic (exact) mass is 324 g/mol. The second-order valence-corrected chi connectivity index (χ2v) is 6.50. The summed E-state index contributed by atoms with van der Waals surface area (Å²) in [5.41, 5.74) is 3.24. The average molecular weight is 324 g/mol. The maximum absolute atomic E-state index is 12.5. The van der Waals surface area contributed by atoms with E-state index in [0.717, 1.165) is 30.0 Å². The van der Waals surface area contributed by atoms with Crippen LogP contribution in [-0.4, -0.2) is 19.2 Å². The van der Waals surface area contributed by atoms with Crippen molar-refractivity contribution in [1.29, 1.82) is 0 Å². The minimum Gasteiger partial charge on any atom is -0.493 e. The zero-order chi connectivity index (χ0) is 16.9.